The van der Waals surface area contributed by atoms with Gasteiger partial charge >= 0.3 is 0 Å². The SMILES string of the molecule is CN1CCN(S(=O)(=O)c2cccc(-c3ccc4nc(CC(N)=O)sc4c3)c2)CC1=O. The van der Waals surface area contributed by atoms with Gasteiger partial charge in [-0.1, -0.05) is 18.2 Å². The van der Waals surface area contributed by atoms with Gasteiger partial charge in [0.25, 0.3) is 0 Å². The number of benzene rings is 2. The highest BCUT2D eigenvalue weighted by atomic mass is 32.2. The molecule has 4 rings (SSSR count). The lowest BCUT2D eigenvalue weighted by Crippen LogP contribution is -2.50. The van der Waals surface area contributed by atoms with Gasteiger partial charge in [0.1, 0.15) is 5.01 Å². The number of rotatable bonds is 5. The number of likely N-dealkylation sites (N-methyl/N-ethyl adjacent to an activating group) is 1. The fourth-order valence-corrected chi connectivity index (χ4v) is 5.75. The van der Waals surface area contributed by atoms with Gasteiger partial charge in [0.05, 0.1) is 28.1 Å². The minimum atomic E-state index is -3.78. The lowest BCUT2D eigenvalue weighted by atomic mass is 10.1. The van der Waals surface area contributed by atoms with Gasteiger partial charge in [0.15, 0.2) is 0 Å². The molecule has 2 heterocycles. The zero-order valence-electron chi connectivity index (χ0n) is 16.2. The molecule has 0 atom stereocenters. The van der Waals surface area contributed by atoms with Crippen molar-refractivity contribution in [3.63, 3.8) is 0 Å². The maximum absolute atomic E-state index is 13.0. The second-order valence-electron chi connectivity index (χ2n) is 7.11. The van der Waals surface area contributed by atoms with Crippen molar-refractivity contribution < 1.29 is 18.0 Å². The summed E-state index contributed by atoms with van der Waals surface area (Å²) in [6.07, 6.45) is 0.0894. The fraction of sp³-hybridized carbons (Fsp3) is 0.250. The zero-order valence-corrected chi connectivity index (χ0v) is 17.9. The largest absolute Gasteiger partial charge is 0.369 e. The van der Waals surface area contributed by atoms with E-state index >= 15 is 0 Å². The highest BCUT2D eigenvalue weighted by Gasteiger charge is 2.31. The topological polar surface area (TPSA) is 114 Å². The van der Waals surface area contributed by atoms with Gasteiger partial charge in [-0.3, -0.25) is 9.59 Å². The Morgan fingerprint density at radius 2 is 1.93 bits per heavy atom. The van der Waals surface area contributed by atoms with E-state index in [-0.39, 0.29) is 30.3 Å². The van der Waals surface area contributed by atoms with Crippen molar-refractivity contribution in [3.8, 4) is 11.1 Å². The van der Waals surface area contributed by atoms with E-state index in [4.69, 9.17) is 5.73 Å². The lowest BCUT2D eigenvalue weighted by Gasteiger charge is -2.31. The van der Waals surface area contributed by atoms with Crippen molar-refractivity contribution in [2.75, 3.05) is 26.7 Å². The average Bonchev–Trinajstić information content (AvgIpc) is 3.10. The van der Waals surface area contributed by atoms with Gasteiger partial charge in [0, 0.05) is 20.1 Å². The number of hydrogen-bond donors (Lipinski definition) is 1. The number of hydrogen-bond acceptors (Lipinski definition) is 6. The highest BCUT2D eigenvalue weighted by molar-refractivity contribution is 7.89. The Bertz CT molecular complexity index is 1250. The van der Waals surface area contributed by atoms with Crippen molar-refractivity contribution in [1.82, 2.24) is 14.2 Å². The van der Waals surface area contributed by atoms with Gasteiger partial charge in [-0.2, -0.15) is 4.31 Å². The van der Waals surface area contributed by atoms with Crippen LogP contribution in [0, 0.1) is 0 Å². The van der Waals surface area contributed by atoms with Crippen molar-refractivity contribution in [3.05, 3.63) is 47.5 Å². The second-order valence-corrected chi connectivity index (χ2v) is 10.2. The number of nitrogens with zero attached hydrogens (tertiary/aromatic N) is 3. The minimum Gasteiger partial charge on any atom is -0.369 e. The van der Waals surface area contributed by atoms with Gasteiger partial charge in [-0.25, -0.2) is 13.4 Å². The molecule has 0 saturated carbocycles. The normalized spacial score (nSPS) is 15.6. The summed E-state index contributed by atoms with van der Waals surface area (Å²) >= 11 is 1.39. The molecule has 0 radical (unpaired) electrons. The standard InChI is InChI=1S/C20H20N4O4S2/c1-23-7-8-24(12-20(23)26)30(27,28)15-4-2-3-13(9-15)14-5-6-16-17(10-14)29-19(22-16)11-18(21)25/h2-6,9-10H,7-8,11-12H2,1H3,(H2,21,25). The maximum atomic E-state index is 13.0. The third kappa shape index (κ3) is 3.93. The van der Waals surface area contributed by atoms with Crippen LogP contribution in [0.5, 0.6) is 0 Å². The number of sulfonamides is 1. The molecule has 3 aromatic rings. The van der Waals surface area contributed by atoms with E-state index in [0.29, 0.717) is 11.6 Å². The summed E-state index contributed by atoms with van der Waals surface area (Å²) < 4.78 is 28.2. The maximum Gasteiger partial charge on any atom is 0.243 e. The Kier molecular flexibility index (Phi) is 5.31. The zero-order chi connectivity index (χ0) is 21.5. The van der Waals surface area contributed by atoms with E-state index in [9.17, 15) is 18.0 Å². The number of primary amides is 1. The molecule has 0 bridgehead atoms. The predicted molar refractivity (Wildman–Crippen MR) is 114 cm³/mol. The van der Waals surface area contributed by atoms with Gasteiger partial charge in [0.2, 0.25) is 21.8 Å². The Balaban J connectivity index is 1.66. The molecule has 1 aromatic heterocycles. The predicted octanol–water partition coefficient (Wildman–Crippen LogP) is 1.45. The van der Waals surface area contributed by atoms with Crippen LogP contribution in [-0.4, -0.2) is 61.1 Å². The molecular weight excluding hydrogens is 424 g/mol. The minimum absolute atomic E-state index is 0.0894. The molecule has 8 nitrogen and oxygen atoms in total. The van der Waals surface area contributed by atoms with E-state index < -0.39 is 15.9 Å². The van der Waals surface area contributed by atoms with Crippen LogP contribution in [0.2, 0.25) is 0 Å². The summed E-state index contributed by atoms with van der Waals surface area (Å²) in [5, 5.41) is 0.644. The molecule has 1 aliphatic heterocycles. The number of carbonyl (C=O) groups is 2. The smallest absolute Gasteiger partial charge is 0.243 e. The van der Waals surface area contributed by atoms with Crippen LogP contribution in [-0.2, 0) is 26.0 Å². The molecular formula is C20H20N4O4S2. The number of piperazine rings is 1. The Morgan fingerprint density at radius 3 is 2.67 bits per heavy atom. The molecule has 156 valence electrons. The van der Waals surface area contributed by atoms with Crippen LogP contribution in [0.15, 0.2) is 47.4 Å². The van der Waals surface area contributed by atoms with Gasteiger partial charge in [-0.15, -0.1) is 11.3 Å². The Morgan fingerprint density at radius 1 is 1.17 bits per heavy atom. The van der Waals surface area contributed by atoms with Crippen molar-refractivity contribution in [2.24, 2.45) is 5.73 Å². The number of amides is 2. The number of thiazole rings is 1. The molecule has 2 N–H and O–H groups in total. The van der Waals surface area contributed by atoms with Crippen molar-refractivity contribution in [1.29, 1.82) is 0 Å². The summed E-state index contributed by atoms with van der Waals surface area (Å²) in [6.45, 7) is 0.482. The Hall–Kier alpha value is -2.82. The van der Waals surface area contributed by atoms with Crippen molar-refractivity contribution in [2.45, 2.75) is 11.3 Å². The van der Waals surface area contributed by atoms with Crippen LogP contribution in [0.25, 0.3) is 21.3 Å². The van der Waals surface area contributed by atoms with E-state index in [2.05, 4.69) is 4.98 Å². The van der Waals surface area contributed by atoms with Crippen LogP contribution in [0.1, 0.15) is 5.01 Å². The molecule has 2 aromatic carbocycles. The summed E-state index contributed by atoms with van der Waals surface area (Å²) in [7, 11) is -2.11. The molecule has 0 aliphatic carbocycles. The number of fused-ring (bicyclic) bond motifs is 1. The molecule has 10 heteroatoms. The van der Waals surface area contributed by atoms with E-state index in [1.54, 1.807) is 19.2 Å². The third-order valence-corrected chi connectivity index (χ3v) is 7.84. The highest BCUT2D eigenvalue weighted by Crippen LogP contribution is 2.30. The summed E-state index contributed by atoms with van der Waals surface area (Å²) in [5.74, 6) is -0.655. The number of carbonyl (C=O) groups excluding carboxylic acids is 2. The van der Waals surface area contributed by atoms with Crippen LogP contribution < -0.4 is 5.73 Å². The van der Waals surface area contributed by atoms with Crippen molar-refractivity contribution >= 4 is 43.4 Å². The molecule has 30 heavy (non-hydrogen) atoms. The van der Waals surface area contributed by atoms with E-state index in [0.717, 1.165) is 21.3 Å². The monoisotopic (exact) mass is 444 g/mol. The summed E-state index contributed by atoms with van der Waals surface area (Å²) in [4.78, 5) is 29.2. The van der Waals surface area contributed by atoms with Crippen LogP contribution in [0.4, 0.5) is 0 Å². The number of nitrogens with two attached hydrogens (primary N) is 1. The van der Waals surface area contributed by atoms with Gasteiger partial charge in [-0.05, 0) is 35.4 Å². The first kappa shape index (κ1) is 20.5. The second kappa shape index (κ2) is 7.78. The molecule has 0 spiro atoms. The number of aromatic nitrogens is 1. The molecule has 1 saturated heterocycles. The lowest BCUT2D eigenvalue weighted by molar-refractivity contribution is -0.132. The first-order valence-corrected chi connectivity index (χ1v) is 11.5. The third-order valence-electron chi connectivity index (χ3n) is 4.99. The molecule has 1 fully saturated rings. The van der Waals surface area contributed by atoms with Crippen LogP contribution in [0.3, 0.4) is 0 Å². The van der Waals surface area contributed by atoms with E-state index in [1.165, 1.54) is 26.6 Å². The quantitative estimate of drug-likeness (QED) is 0.640. The molecule has 0 unspecified atom stereocenters. The molecule has 2 amide bonds. The first-order valence-electron chi connectivity index (χ1n) is 9.26. The Labute approximate surface area is 178 Å². The first-order chi connectivity index (χ1) is 14.2. The summed E-state index contributed by atoms with van der Waals surface area (Å²) in [5.41, 5.74) is 7.58. The summed E-state index contributed by atoms with van der Waals surface area (Å²) in [6, 6.07) is 12.3. The fourth-order valence-electron chi connectivity index (χ4n) is 3.30. The van der Waals surface area contributed by atoms with Gasteiger partial charge < -0.3 is 10.6 Å². The molecule has 1 aliphatic rings. The average molecular weight is 445 g/mol. The van der Waals surface area contributed by atoms with Crippen LogP contribution >= 0.6 is 11.3 Å². The van der Waals surface area contributed by atoms with E-state index in [1.807, 2.05) is 24.3 Å².